The molecule has 3 aromatic rings. The second kappa shape index (κ2) is 9.50. The van der Waals surface area contributed by atoms with E-state index in [9.17, 15) is 4.79 Å². The van der Waals surface area contributed by atoms with Gasteiger partial charge < -0.3 is 15.2 Å². The molecule has 8 nitrogen and oxygen atoms in total. The molecule has 0 fully saturated rings. The zero-order valence-electron chi connectivity index (χ0n) is 14.8. The van der Waals surface area contributed by atoms with E-state index in [-0.39, 0.29) is 18.3 Å². The molecule has 10 heteroatoms. The molecule has 2 aromatic heterocycles. The van der Waals surface area contributed by atoms with Crippen LogP contribution < -0.4 is 10.6 Å². The van der Waals surface area contributed by atoms with E-state index in [4.69, 9.17) is 16.1 Å². The Bertz CT molecular complexity index is 895. The minimum absolute atomic E-state index is 0. The van der Waals surface area contributed by atoms with Crippen LogP contribution in [0, 0.1) is 0 Å². The number of rotatable bonds is 7. The first-order valence-corrected chi connectivity index (χ1v) is 8.46. The molecule has 0 aliphatic rings. The van der Waals surface area contributed by atoms with Gasteiger partial charge in [-0.25, -0.2) is 0 Å². The molecule has 0 saturated heterocycles. The number of benzene rings is 1. The molecule has 0 aliphatic heterocycles. The highest BCUT2D eigenvalue weighted by atomic mass is 35.5. The summed E-state index contributed by atoms with van der Waals surface area (Å²) in [6.07, 6.45) is 3.90. The van der Waals surface area contributed by atoms with Crippen molar-refractivity contribution in [1.29, 1.82) is 0 Å². The fraction of sp³-hybridized carbons (Fsp3) is 0.294. The van der Waals surface area contributed by atoms with E-state index < -0.39 is 6.04 Å². The SMILES string of the molecule is CNC(C(=O)NCCc1nc(-c2cccc(Cl)c2)no1)c1cnn(C)c1.Cl. The topological polar surface area (TPSA) is 97.9 Å². The van der Waals surface area contributed by atoms with Gasteiger partial charge in [-0.05, 0) is 19.2 Å². The quantitative estimate of drug-likeness (QED) is 0.619. The Hall–Kier alpha value is -2.42. The third-order valence-electron chi connectivity index (χ3n) is 3.80. The number of carbonyl (C=O) groups is 1. The number of nitrogens with zero attached hydrogens (tertiary/aromatic N) is 4. The summed E-state index contributed by atoms with van der Waals surface area (Å²) in [7, 11) is 3.54. The Balaban J connectivity index is 0.00000261. The van der Waals surface area contributed by atoms with Gasteiger partial charge in [-0.3, -0.25) is 9.48 Å². The van der Waals surface area contributed by atoms with Crippen molar-refractivity contribution in [2.45, 2.75) is 12.5 Å². The smallest absolute Gasteiger partial charge is 0.241 e. The van der Waals surface area contributed by atoms with E-state index in [1.807, 2.05) is 12.1 Å². The standard InChI is InChI=1S/C17H19ClN6O2.ClH/c1-19-15(12-9-21-24(2)10-12)17(25)20-7-6-14-22-16(23-26-14)11-4-3-5-13(18)8-11;/h3-5,8-10,15,19H,6-7H2,1-2H3,(H,20,25);1H. The number of likely N-dealkylation sites (N-methyl/N-ethyl adjacent to an activating group) is 1. The molecule has 1 aromatic carbocycles. The lowest BCUT2D eigenvalue weighted by Crippen LogP contribution is -2.36. The van der Waals surface area contributed by atoms with E-state index in [0.717, 1.165) is 11.1 Å². The van der Waals surface area contributed by atoms with Crippen molar-refractivity contribution in [3.63, 3.8) is 0 Å². The lowest BCUT2D eigenvalue weighted by molar-refractivity contribution is -0.123. The summed E-state index contributed by atoms with van der Waals surface area (Å²) < 4.78 is 6.89. The molecule has 2 N–H and O–H groups in total. The highest BCUT2D eigenvalue weighted by Crippen LogP contribution is 2.20. The van der Waals surface area contributed by atoms with Crippen molar-refractivity contribution in [1.82, 2.24) is 30.6 Å². The van der Waals surface area contributed by atoms with Gasteiger partial charge in [0.05, 0.1) is 6.20 Å². The van der Waals surface area contributed by atoms with Gasteiger partial charge in [-0.1, -0.05) is 28.9 Å². The van der Waals surface area contributed by atoms with Crippen LogP contribution in [0.15, 0.2) is 41.2 Å². The summed E-state index contributed by atoms with van der Waals surface area (Å²) in [6, 6.07) is 6.76. The van der Waals surface area contributed by atoms with Crippen LogP contribution in [0.4, 0.5) is 0 Å². The Morgan fingerprint density at radius 2 is 2.22 bits per heavy atom. The molecule has 0 aliphatic carbocycles. The summed E-state index contributed by atoms with van der Waals surface area (Å²) in [5, 5.41) is 14.5. The lowest BCUT2D eigenvalue weighted by Gasteiger charge is -2.13. The highest BCUT2D eigenvalue weighted by molar-refractivity contribution is 6.30. The molecule has 0 saturated carbocycles. The van der Waals surface area contributed by atoms with Gasteiger partial charge >= 0.3 is 0 Å². The number of nitrogens with one attached hydrogen (secondary N) is 2. The summed E-state index contributed by atoms with van der Waals surface area (Å²) in [5.41, 5.74) is 1.58. The predicted octanol–water partition coefficient (Wildman–Crippen LogP) is 2.16. The summed E-state index contributed by atoms with van der Waals surface area (Å²) in [4.78, 5) is 16.7. The number of hydrogen-bond donors (Lipinski definition) is 2. The highest BCUT2D eigenvalue weighted by Gasteiger charge is 2.20. The van der Waals surface area contributed by atoms with Crippen molar-refractivity contribution in [2.24, 2.45) is 7.05 Å². The monoisotopic (exact) mass is 410 g/mol. The van der Waals surface area contributed by atoms with Gasteiger partial charge in [-0.15, -0.1) is 12.4 Å². The molecule has 27 heavy (non-hydrogen) atoms. The van der Waals surface area contributed by atoms with Gasteiger partial charge in [0, 0.05) is 42.4 Å². The molecule has 144 valence electrons. The average molecular weight is 411 g/mol. The minimum atomic E-state index is -0.464. The van der Waals surface area contributed by atoms with Crippen LogP contribution >= 0.6 is 24.0 Å². The Morgan fingerprint density at radius 1 is 1.41 bits per heavy atom. The van der Waals surface area contributed by atoms with Gasteiger partial charge in [-0.2, -0.15) is 10.1 Å². The zero-order chi connectivity index (χ0) is 18.5. The van der Waals surface area contributed by atoms with E-state index >= 15 is 0 Å². The molecule has 0 spiro atoms. The lowest BCUT2D eigenvalue weighted by atomic mass is 10.1. The molecule has 2 heterocycles. The number of hydrogen-bond acceptors (Lipinski definition) is 6. The number of aromatic nitrogens is 4. The van der Waals surface area contributed by atoms with Gasteiger partial charge in [0.15, 0.2) is 0 Å². The fourth-order valence-corrected chi connectivity index (χ4v) is 2.72. The second-order valence-electron chi connectivity index (χ2n) is 5.73. The van der Waals surface area contributed by atoms with E-state index in [1.165, 1.54) is 0 Å². The first-order chi connectivity index (χ1) is 12.6. The number of aryl methyl sites for hydroxylation is 1. The minimum Gasteiger partial charge on any atom is -0.354 e. The first kappa shape index (κ1) is 20.9. The maximum atomic E-state index is 12.3. The van der Waals surface area contributed by atoms with Crippen LogP contribution in [0.1, 0.15) is 17.5 Å². The molecule has 0 bridgehead atoms. The third-order valence-corrected chi connectivity index (χ3v) is 4.03. The number of amides is 1. The van der Waals surface area contributed by atoms with Gasteiger partial charge in [0.25, 0.3) is 0 Å². The Labute approximate surface area is 167 Å². The summed E-state index contributed by atoms with van der Waals surface area (Å²) in [5.74, 6) is 0.773. The van der Waals surface area contributed by atoms with Crippen molar-refractivity contribution >= 4 is 29.9 Å². The van der Waals surface area contributed by atoms with Gasteiger partial charge in [0.1, 0.15) is 6.04 Å². The molecule has 1 amide bonds. The average Bonchev–Trinajstić information content (AvgIpc) is 3.25. The molecular weight excluding hydrogens is 391 g/mol. The Kier molecular flexibility index (Phi) is 7.35. The zero-order valence-corrected chi connectivity index (χ0v) is 16.4. The van der Waals surface area contributed by atoms with Crippen LogP contribution in [0.3, 0.4) is 0 Å². The molecule has 1 atom stereocenters. The maximum Gasteiger partial charge on any atom is 0.241 e. The largest absolute Gasteiger partial charge is 0.354 e. The first-order valence-electron chi connectivity index (χ1n) is 8.09. The van der Waals surface area contributed by atoms with Crippen molar-refractivity contribution in [3.05, 3.63) is 53.1 Å². The van der Waals surface area contributed by atoms with E-state index in [0.29, 0.717) is 29.7 Å². The number of carbonyl (C=O) groups excluding carboxylic acids is 1. The molecular formula is C17H20Cl2N6O2. The molecule has 0 radical (unpaired) electrons. The van der Waals surface area contributed by atoms with Crippen LogP contribution in [0.5, 0.6) is 0 Å². The molecule has 3 rings (SSSR count). The second-order valence-corrected chi connectivity index (χ2v) is 6.17. The van der Waals surface area contributed by atoms with Crippen molar-refractivity contribution in [3.8, 4) is 11.4 Å². The van der Waals surface area contributed by atoms with Crippen LogP contribution in [0.25, 0.3) is 11.4 Å². The van der Waals surface area contributed by atoms with E-state index in [1.54, 1.807) is 43.3 Å². The van der Waals surface area contributed by atoms with Crippen LogP contribution in [0.2, 0.25) is 5.02 Å². The third kappa shape index (κ3) is 5.29. The summed E-state index contributed by atoms with van der Waals surface area (Å²) >= 11 is 5.97. The van der Waals surface area contributed by atoms with E-state index in [2.05, 4.69) is 25.9 Å². The van der Waals surface area contributed by atoms with Crippen LogP contribution in [-0.4, -0.2) is 39.4 Å². The summed E-state index contributed by atoms with van der Waals surface area (Å²) in [6.45, 7) is 0.383. The van der Waals surface area contributed by atoms with Crippen molar-refractivity contribution in [2.75, 3.05) is 13.6 Å². The van der Waals surface area contributed by atoms with Crippen LogP contribution in [-0.2, 0) is 18.3 Å². The Morgan fingerprint density at radius 3 is 2.89 bits per heavy atom. The van der Waals surface area contributed by atoms with Gasteiger partial charge in [0.2, 0.25) is 17.6 Å². The predicted molar refractivity (Wildman–Crippen MR) is 104 cm³/mol. The number of halogens is 2. The normalized spacial score (nSPS) is 11.7. The maximum absolute atomic E-state index is 12.3. The molecule has 1 unspecified atom stereocenters. The fourth-order valence-electron chi connectivity index (χ4n) is 2.53. The van der Waals surface area contributed by atoms with Crippen molar-refractivity contribution < 1.29 is 9.32 Å².